The highest BCUT2D eigenvalue weighted by atomic mass is 16.5. The Hall–Kier alpha value is -2.56. The van der Waals surface area contributed by atoms with Gasteiger partial charge in [0.05, 0.1) is 19.0 Å². The molecule has 1 amide bonds. The normalized spacial score (nSPS) is 13.4. The highest BCUT2D eigenvalue weighted by Crippen LogP contribution is 2.19. The van der Waals surface area contributed by atoms with E-state index in [1.165, 1.54) is 5.56 Å². The Kier molecular flexibility index (Phi) is 4.76. The van der Waals surface area contributed by atoms with Gasteiger partial charge < -0.3 is 15.4 Å². The number of hydrogen-bond acceptors (Lipinski definition) is 4. The average molecular weight is 311 g/mol. The van der Waals surface area contributed by atoms with Crippen LogP contribution in [0.25, 0.3) is 0 Å². The van der Waals surface area contributed by atoms with Gasteiger partial charge in [0, 0.05) is 12.6 Å². The Morgan fingerprint density at radius 1 is 1.22 bits per heavy atom. The molecule has 0 saturated heterocycles. The van der Waals surface area contributed by atoms with Crippen molar-refractivity contribution in [2.24, 2.45) is 0 Å². The van der Waals surface area contributed by atoms with Crippen molar-refractivity contribution in [2.45, 2.75) is 25.3 Å². The maximum Gasteiger partial charge on any atom is 0.270 e. The van der Waals surface area contributed by atoms with Gasteiger partial charge in [-0.1, -0.05) is 12.1 Å². The van der Waals surface area contributed by atoms with Crippen LogP contribution in [0.1, 0.15) is 28.9 Å². The van der Waals surface area contributed by atoms with Crippen LogP contribution in [0, 0.1) is 0 Å². The molecule has 1 aliphatic carbocycles. The quantitative estimate of drug-likeness (QED) is 0.825. The third kappa shape index (κ3) is 4.45. The molecular formula is C18H21N3O2. The lowest BCUT2D eigenvalue weighted by molar-refractivity contribution is 0.0946. The summed E-state index contributed by atoms with van der Waals surface area (Å²) < 4.78 is 5.14. The van der Waals surface area contributed by atoms with E-state index >= 15 is 0 Å². The second-order valence-electron chi connectivity index (χ2n) is 5.70. The summed E-state index contributed by atoms with van der Waals surface area (Å²) in [4.78, 5) is 16.1. The minimum Gasteiger partial charge on any atom is -0.497 e. The zero-order valence-electron chi connectivity index (χ0n) is 13.2. The van der Waals surface area contributed by atoms with E-state index in [2.05, 4.69) is 27.8 Å². The van der Waals surface area contributed by atoms with Crippen molar-refractivity contribution in [3.63, 3.8) is 0 Å². The van der Waals surface area contributed by atoms with Gasteiger partial charge in [0.25, 0.3) is 5.91 Å². The molecule has 1 aromatic heterocycles. The number of aromatic nitrogens is 1. The van der Waals surface area contributed by atoms with Crippen molar-refractivity contribution in [1.29, 1.82) is 0 Å². The van der Waals surface area contributed by atoms with E-state index in [4.69, 9.17) is 4.74 Å². The Morgan fingerprint density at radius 3 is 2.61 bits per heavy atom. The van der Waals surface area contributed by atoms with Crippen molar-refractivity contribution in [3.8, 4) is 5.75 Å². The molecule has 120 valence electrons. The molecule has 1 aliphatic rings. The molecule has 1 saturated carbocycles. The van der Waals surface area contributed by atoms with E-state index < -0.39 is 0 Å². The summed E-state index contributed by atoms with van der Waals surface area (Å²) in [6.07, 6.45) is 4.78. The fourth-order valence-electron chi connectivity index (χ4n) is 2.26. The summed E-state index contributed by atoms with van der Waals surface area (Å²) in [6.45, 7) is 0.807. The van der Waals surface area contributed by atoms with E-state index in [1.54, 1.807) is 19.4 Å². The summed E-state index contributed by atoms with van der Waals surface area (Å²) in [5.41, 5.74) is 2.63. The molecule has 2 aromatic rings. The van der Waals surface area contributed by atoms with E-state index in [0.29, 0.717) is 11.7 Å². The lowest BCUT2D eigenvalue weighted by Gasteiger charge is -2.08. The molecule has 0 spiro atoms. The van der Waals surface area contributed by atoms with Crippen molar-refractivity contribution >= 4 is 11.6 Å². The number of methoxy groups -OCH3 is 1. The average Bonchev–Trinajstić information content (AvgIpc) is 3.40. The summed E-state index contributed by atoms with van der Waals surface area (Å²) in [5.74, 6) is 0.781. The third-order valence-electron chi connectivity index (χ3n) is 3.81. The number of benzene rings is 1. The lowest BCUT2D eigenvalue weighted by atomic mass is 10.1. The van der Waals surface area contributed by atoms with Gasteiger partial charge >= 0.3 is 0 Å². The van der Waals surface area contributed by atoms with Crippen LogP contribution >= 0.6 is 0 Å². The first-order valence-electron chi connectivity index (χ1n) is 7.88. The number of anilines is 1. The summed E-state index contributed by atoms with van der Waals surface area (Å²) in [5, 5.41) is 6.25. The predicted molar refractivity (Wildman–Crippen MR) is 89.9 cm³/mol. The minimum atomic E-state index is -0.0858. The second-order valence-corrected chi connectivity index (χ2v) is 5.70. The fraction of sp³-hybridized carbons (Fsp3) is 0.333. The van der Waals surface area contributed by atoms with Gasteiger partial charge in [0.1, 0.15) is 11.4 Å². The Bertz CT molecular complexity index is 649. The molecule has 0 aliphatic heterocycles. The van der Waals surface area contributed by atoms with Gasteiger partial charge in [0.2, 0.25) is 0 Å². The molecule has 23 heavy (non-hydrogen) atoms. The van der Waals surface area contributed by atoms with Gasteiger partial charge in [-0.15, -0.1) is 0 Å². The first kappa shape index (κ1) is 15.3. The zero-order valence-corrected chi connectivity index (χ0v) is 13.2. The molecule has 5 nitrogen and oxygen atoms in total. The van der Waals surface area contributed by atoms with E-state index in [9.17, 15) is 4.79 Å². The van der Waals surface area contributed by atoms with Crippen molar-refractivity contribution in [3.05, 3.63) is 53.9 Å². The maximum absolute atomic E-state index is 11.9. The summed E-state index contributed by atoms with van der Waals surface area (Å²) in [7, 11) is 1.66. The van der Waals surface area contributed by atoms with Crippen LogP contribution in [0.4, 0.5) is 5.69 Å². The van der Waals surface area contributed by atoms with Gasteiger partial charge in [-0.05, 0) is 49.1 Å². The van der Waals surface area contributed by atoms with Crippen LogP contribution in [0.3, 0.4) is 0 Å². The lowest BCUT2D eigenvalue weighted by Crippen LogP contribution is -2.26. The predicted octanol–water partition coefficient (Wildman–Crippen LogP) is 2.64. The second kappa shape index (κ2) is 7.13. The molecule has 1 fully saturated rings. The van der Waals surface area contributed by atoms with Crippen molar-refractivity contribution < 1.29 is 9.53 Å². The van der Waals surface area contributed by atoms with Gasteiger partial charge in [-0.25, -0.2) is 4.98 Å². The summed E-state index contributed by atoms with van der Waals surface area (Å²) in [6, 6.07) is 12.0. The molecule has 0 bridgehead atoms. The molecule has 1 aromatic carbocycles. The highest BCUT2D eigenvalue weighted by molar-refractivity contribution is 5.92. The fourth-order valence-corrected chi connectivity index (χ4v) is 2.26. The molecule has 0 atom stereocenters. The number of ether oxygens (including phenoxy) is 1. The topological polar surface area (TPSA) is 63.2 Å². The molecular weight excluding hydrogens is 290 g/mol. The van der Waals surface area contributed by atoms with Gasteiger partial charge in [-0.2, -0.15) is 0 Å². The van der Waals surface area contributed by atoms with Crippen LogP contribution < -0.4 is 15.4 Å². The van der Waals surface area contributed by atoms with Gasteiger partial charge in [0.15, 0.2) is 0 Å². The molecule has 3 rings (SSSR count). The molecule has 2 N–H and O–H groups in total. The number of hydrogen-bond donors (Lipinski definition) is 2. The summed E-state index contributed by atoms with van der Waals surface area (Å²) >= 11 is 0. The Balaban J connectivity index is 1.46. The van der Waals surface area contributed by atoms with E-state index in [0.717, 1.165) is 37.2 Å². The molecule has 0 unspecified atom stereocenters. The Labute approximate surface area is 136 Å². The molecule has 0 radical (unpaired) electrons. The third-order valence-corrected chi connectivity index (χ3v) is 3.81. The first-order chi connectivity index (χ1) is 11.2. The minimum absolute atomic E-state index is 0.0858. The van der Waals surface area contributed by atoms with Crippen molar-refractivity contribution in [1.82, 2.24) is 10.3 Å². The van der Waals surface area contributed by atoms with Crippen molar-refractivity contribution in [2.75, 3.05) is 19.0 Å². The standard InChI is InChI=1S/C18H21N3O2/c1-23-16-7-2-13(3-8-16)10-11-19-15-6-9-17(20-12-15)18(22)21-14-4-5-14/h2-3,6-9,12,14,19H,4-5,10-11H2,1H3,(H,21,22). The number of amides is 1. The number of carbonyl (C=O) groups is 1. The SMILES string of the molecule is COc1ccc(CCNc2ccc(C(=O)NC3CC3)nc2)cc1. The van der Waals surface area contributed by atoms with Crippen LogP contribution in [0.15, 0.2) is 42.6 Å². The van der Waals surface area contributed by atoms with E-state index in [1.807, 2.05) is 18.2 Å². The first-order valence-corrected chi connectivity index (χ1v) is 7.88. The molecule has 5 heteroatoms. The molecule has 1 heterocycles. The van der Waals surface area contributed by atoms with Crippen LogP contribution in [-0.4, -0.2) is 30.6 Å². The van der Waals surface area contributed by atoms with Crippen LogP contribution in [0.2, 0.25) is 0 Å². The number of carbonyl (C=O) groups excluding carboxylic acids is 1. The highest BCUT2D eigenvalue weighted by Gasteiger charge is 2.24. The smallest absolute Gasteiger partial charge is 0.270 e. The largest absolute Gasteiger partial charge is 0.497 e. The van der Waals surface area contributed by atoms with Crippen LogP contribution in [0.5, 0.6) is 5.75 Å². The number of nitrogens with one attached hydrogen (secondary N) is 2. The monoisotopic (exact) mass is 311 g/mol. The number of pyridine rings is 1. The number of rotatable bonds is 7. The number of nitrogens with zero attached hydrogens (tertiary/aromatic N) is 1. The Morgan fingerprint density at radius 2 is 2.00 bits per heavy atom. The van der Waals surface area contributed by atoms with Gasteiger partial charge in [-0.3, -0.25) is 4.79 Å². The van der Waals surface area contributed by atoms with E-state index in [-0.39, 0.29) is 5.91 Å². The maximum atomic E-state index is 11.9. The zero-order chi connectivity index (χ0) is 16.1. The van der Waals surface area contributed by atoms with Crippen LogP contribution in [-0.2, 0) is 6.42 Å².